The third-order valence-electron chi connectivity index (χ3n) is 4.37. The molecule has 2 aromatic rings. The molecule has 1 fully saturated rings. The van der Waals surface area contributed by atoms with Gasteiger partial charge in [0.1, 0.15) is 6.04 Å². The highest BCUT2D eigenvalue weighted by Crippen LogP contribution is 2.20. The molecular formula is C17H20N6O3. The van der Waals surface area contributed by atoms with E-state index < -0.39 is 12.0 Å². The van der Waals surface area contributed by atoms with E-state index in [-0.39, 0.29) is 11.3 Å². The first-order valence-electron chi connectivity index (χ1n) is 8.38. The van der Waals surface area contributed by atoms with Crippen molar-refractivity contribution < 1.29 is 14.7 Å². The topological polar surface area (TPSA) is 112 Å². The molecule has 0 radical (unpaired) electrons. The minimum Gasteiger partial charge on any atom is -0.478 e. The highest BCUT2D eigenvalue weighted by Gasteiger charge is 2.33. The average Bonchev–Trinajstić information content (AvgIpc) is 2.67. The van der Waals surface area contributed by atoms with E-state index in [4.69, 9.17) is 5.11 Å². The van der Waals surface area contributed by atoms with Crippen molar-refractivity contribution in [3.05, 3.63) is 35.9 Å². The van der Waals surface area contributed by atoms with Crippen LogP contribution in [0.3, 0.4) is 0 Å². The molecule has 1 saturated heterocycles. The molecule has 0 bridgehead atoms. The fourth-order valence-electron chi connectivity index (χ4n) is 2.83. The van der Waals surface area contributed by atoms with Crippen LogP contribution in [0, 0.1) is 0 Å². The Morgan fingerprint density at radius 1 is 1.08 bits per heavy atom. The first kappa shape index (κ1) is 17.7. The molecule has 0 saturated carbocycles. The summed E-state index contributed by atoms with van der Waals surface area (Å²) in [6, 6.07) is -0.450. The number of ketones is 1. The second-order valence-electron chi connectivity index (χ2n) is 6.09. The normalized spacial score (nSPS) is 17.2. The predicted molar refractivity (Wildman–Crippen MR) is 94.4 cm³/mol. The lowest BCUT2D eigenvalue weighted by atomic mass is 10.1. The van der Waals surface area contributed by atoms with Crippen molar-refractivity contribution >= 4 is 23.6 Å². The number of carboxylic acids is 1. The van der Waals surface area contributed by atoms with Crippen LogP contribution < -0.4 is 9.80 Å². The Kier molecular flexibility index (Phi) is 5.06. The van der Waals surface area contributed by atoms with E-state index >= 15 is 0 Å². The van der Waals surface area contributed by atoms with Crippen LogP contribution >= 0.6 is 0 Å². The number of aryl methyl sites for hydroxylation is 1. The lowest BCUT2D eigenvalue weighted by molar-refractivity contribution is -0.118. The van der Waals surface area contributed by atoms with Gasteiger partial charge in [-0.1, -0.05) is 6.92 Å². The molecule has 0 unspecified atom stereocenters. The number of hydrogen-bond donors (Lipinski definition) is 1. The van der Waals surface area contributed by atoms with Crippen molar-refractivity contribution in [1.82, 2.24) is 19.9 Å². The maximum Gasteiger partial charge on any atom is 0.338 e. The zero-order valence-corrected chi connectivity index (χ0v) is 14.7. The summed E-state index contributed by atoms with van der Waals surface area (Å²) in [7, 11) is 0. The van der Waals surface area contributed by atoms with Crippen LogP contribution in [0.1, 0.15) is 29.8 Å². The van der Waals surface area contributed by atoms with Crippen LogP contribution in [0.15, 0.2) is 24.8 Å². The Balaban J connectivity index is 1.79. The number of nitrogens with zero attached hydrogens (tertiary/aromatic N) is 6. The molecule has 9 heteroatoms. The molecule has 1 aliphatic heterocycles. The number of Topliss-reactive ketones (excluding diaryl/α,β-unsaturated/α-hetero) is 1. The summed E-state index contributed by atoms with van der Waals surface area (Å²) in [6.07, 6.45) is 6.96. The summed E-state index contributed by atoms with van der Waals surface area (Å²) in [5.41, 5.74) is 1.07. The molecule has 1 atom stereocenters. The van der Waals surface area contributed by atoms with Crippen molar-refractivity contribution in [2.45, 2.75) is 26.3 Å². The molecule has 0 aromatic carbocycles. The van der Waals surface area contributed by atoms with Gasteiger partial charge in [-0.25, -0.2) is 24.7 Å². The zero-order chi connectivity index (χ0) is 18.7. The molecule has 3 rings (SSSR count). The van der Waals surface area contributed by atoms with Crippen molar-refractivity contribution in [3.8, 4) is 0 Å². The van der Waals surface area contributed by atoms with Crippen LogP contribution in [-0.2, 0) is 11.2 Å². The number of hydrogen-bond acceptors (Lipinski definition) is 8. The molecule has 1 aliphatic rings. The monoisotopic (exact) mass is 356 g/mol. The Morgan fingerprint density at radius 3 is 2.23 bits per heavy atom. The number of carbonyl (C=O) groups excluding carboxylic acids is 1. The van der Waals surface area contributed by atoms with Gasteiger partial charge < -0.3 is 14.9 Å². The third kappa shape index (κ3) is 3.61. The zero-order valence-electron chi connectivity index (χ0n) is 14.7. The number of aromatic nitrogens is 4. The molecule has 0 amide bonds. The minimum absolute atomic E-state index is 0.0103. The van der Waals surface area contributed by atoms with Crippen LogP contribution in [0.25, 0.3) is 0 Å². The molecule has 2 aromatic heterocycles. The van der Waals surface area contributed by atoms with Crippen molar-refractivity contribution in [3.63, 3.8) is 0 Å². The van der Waals surface area contributed by atoms with Gasteiger partial charge in [0.15, 0.2) is 5.78 Å². The minimum atomic E-state index is -1.09. The summed E-state index contributed by atoms with van der Waals surface area (Å²) in [5, 5.41) is 8.96. The van der Waals surface area contributed by atoms with Gasteiger partial charge in [0.25, 0.3) is 0 Å². The smallest absolute Gasteiger partial charge is 0.338 e. The summed E-state index contributed by atoms with van der Waals surface area (Å²) in [6.45, 7) is 5.10. The van der Waals surface area contributed by atoms with Gasteiger partial charge in [-0.3, -0.25) is 4.79 Å². The summed E-state index contributed by atoms with van der Waals surface area (Å²) >= 11 is 0. The van der Waals surface area contributed by atoms with Crippen LogP contribution in [-0.4, -0.2) is 62.5 Å². The lowest BCUT2D eigenvalue weighted by Crippen LogP contribution is -2.57. The van der Waals surface area contributed by atoms with Gasteiger partial charge in [-0.05, 0) is 18.9 Å². The van der Waals surface area contributed by atoms with Crippen molar-refractivity contribution in [2.24, 2.45) is 0 Å². The molecule has 0 spiro atoms. The third-order valence-corrected chi connectivity index (χ3v) is 4.37. The Morgan fingerprint density at radius 2 is 1.69 bits per heavy atom. The fraction of sp³-hybridized carbons (Fsp3) is 0.412. The average molecular weight is 356 g/mol. The molecule has 3 heterocycles. The van der Waals surface area contributed by atoms with Gasteiger partial charge in [-0.2, -0.15) is 0 Å². The van der Waals surface area contributed by atoms with E-state index in [0.29, 0.717) is 31.5 Å². The highest BCUT2D eigenvalue weighted by molar-refractivity contribution is 5.87. The number of rotatable bonds is 5. The molecule has 9 nitrogen and oxygen atoms in total. The molecule has 26 heavy (non-hydrogen) atoms. The number of carbonyl (C=O) groups is 2. The second-order valence-corrected chi connectivity index (χ2v) is 6.09. The molecule has 1 N–H and O–H groups in total. The first-order valence-corrected chi connectivity index (χ1v) is 8.38. The largest absolute Gasteiger partial charge is 0.478 e. The summed E-state index contributed by atoms with van der Waals surface area (Å²) < 4.78 is 0. The summed E-state index contributed by atoms with van der Waals surface area (Å²) in [4.78, 5) is 43.9. The van der Waals surface area contributed by atoms with Crippen LogP contribution in [0.4, 0.5) is 11.9 Å². The van der Waals surface area contributed by atoms with E-state index in [9.17, 15) is 9.59 Å². The number of carboxylic acid groups (broad SMARTS) is 1. The SMILES string of the molecule is CCc1cnc(N2CCN(c3ncc(C(=O)O)cn3)[C@@H](C(C)=O)C2)nc1. The first-order chi connectivity index (χ1) is 12.5. The van der Waals surface area contributed by atoms with Crippen molar-refractivity contribution in [1.29, 1.82) is 0 Å². The molecule has 136 valence electrons. The lowest BCUT2D eigenvalue weighted by Gasteiger charge is -2.40. The quantitative estimate of drug-likeness (QED) is 0.831. The van der Waals surface area contributed by atoms with Gasteiger partial charge in [0.05, 0.1) is 5.56 Å². The van der Waals surface area contributed by atoms with E-state index in [1.54, 1.807) is 17.3 Å². The maximum absolute atomic E-state index is 12.2. The van der Waals surface area contributed by atoms with Gasteiger partial charge in [0, 0.05) is 44.4 Å². The Labute approximate surface area is 150 Å². The highest BCUT2D eigenvalue weighted by atomic mass is 16.4. The van der Waals surface area contributed by atoms with Gasteiger partial charge in [0.2, 0.25) is 11.9 Å². The number of anilines is 2. The van der Waals surface area contributed by atoms with E-state index in [1.807, 2.05) is 11.8 Å². The van der Waals surface area contributed by atoms with E-state index in [2.05, 4.69) is 19.9 Å². The van der Waals surface area contributed by atoms with Gasteiger partial charge in [-0.15, -0.1) is 0 Å². The second kappa shape index (κ2) is 7.42. The predicted octanol–water partition coefficient (Wildman–Crippen LogP) is 0.811. The van der Waals surface area contributed by atoms with E-state index in [1.165, 1.54) is 19.3 Å². The number of piperazine rings is 1. The molecule has 0 aliphatic carbocycles. The maximum atomic E-state index is 12.2. The van der Waals surface area contributed by atoms with Crippen molar-refractivity contribution in [2.75, 3.05) is 29.4 Å². The molecular weight excluding hydrogens is 336 g/mol. The van der Waals surface area contributed by atoms with Crippen LogP contribution in [0.5, 0.6) is 0 Å². The Hall–Kier alpha value is -3.10. The Bertz CT molecular complexity index is 793. The number of aromatic carboxylic acids is 1. The fourth-order valence-corrected chi connectivity index (χ4v) is 2.83. The van der Waals surface area contributed by atoms with E-state index in [0.717, 1.165) is 12.0 Å². The summed E-state index contributed by atoms with van der Waals surface area (Å²) in [5.74, 6) is -0.171. The van der Waals surface area contributed by atoms with Crippen LogP contribution in [0.2, 0.25) is 0 Å². The van der Waals surface area contributed by atoms with Gasteiger partial charge >= 0.3 is 5.97 Å². The standard InChI is InChI=1S/C17H20N6O3/c1-3-12-6-18-16(19-7-12)22-4-5-23(14(10-22)11(2)24)17-20-8-13(9-21-17)15(25)26/h6-9,14H,3-5,10H2,1-2H3,(H,25,26)/t14-/m1/s1.